The molecule has 0 aliphatic carbocycles. The SMILES string of the molecule is O=c1[nH]c(=S)n(Cc2ccc(F)cc2)c(O)c1C=Nc1ccccc1F. The Morgan fingerprint density at radius 1 is 1.15 bits per heavy atom. The summed E-state index contributed by atoms with van der Waals surface area (Å²) in [5, 5.41) is 10.4. The first-order valence-electron chi connectivity index (χ1n) is 7.55. The molecule has 26 heavy (non-hydrogen) atoms. The van der Waals surface area contributed by atoms with Crippen LogP contribution in [-0.2, 0) is 6.54 Å². The van der Waals surface area contributed by atoms with Crippen molar-refractivity contribution in [3.05, 3.63) is 86.4 Å². The summed E-state index contributed by atoms with van der Waals surface area (Å²) in [6, 6.07) is 11.4. The Hall–Kier alpha value is -3.13. The molecule has 0 aliphatic heterocycles. The van der Waals surface area contributed by atoms with E-state index < -0.39 is 17.3 Å². The second kappa shape index (κ2) is 7.40. The van der Waals surface area contributed by atoms with Crippen molar-refractivity contribution in [1.82, 2.24) is 9.55 Å². The zero-order valence-corrected chi connectivity index (χ0v) is 14.1. The molecule has 132 valence electrons. The lowest BCUT2D eigenvalue weighted by Gasteiger charge is -2.11. The second-order valence-electron chi connectivity index (χ2n) is 5.42. The normalized spacial score (nSPS) is 11.2. The van der Waals surface area contributed by atoms with Crippen molar-refractivity contribution in [2.24, 2.45) is 4.99 Å². The molecule has 0 spiro atoms. The molecule has 3 rings (SSSR count). The van der Waals surface area contributed by atoms with E-state index in [1.807, 2.05) is 0 Å². The van der Waals surface area contributed by atoms with Crippen LogP contribution in [0, 0.1) is 16.4 Å². The fourth-order valence-electron chi connectivity index (χ4n) is 2.30. The number of halogens is 2. The molecule has 2 aromatic carbocycles. The first-order valence-corrected chi connectivity index (χ1v) is 7.95. The molecule has 0 amide bonds. The molecule has 3 aromatic rings. The molecule has 0 aliphatic rings. The van der Waals surface area contributed by atoms with Crippen molar-refractivity contribution < 1.29 is 13.9 Å². The van der Waals surface area contributed by atoms with Crippen LogP contribution in [0.25, 0.3) is 0 Å². The number of aliphatic imine (C=N–C) groups is 1. The number of nitrogens with zero attached hydrogens (tertiary/aromatic N) is 2. The highest BCUT2D eigenvalue weighted by Gasteiger charge is 2.12. The van der Waals surface area contributed by atoms with E-state index >= 15 is 0 Å². The second-order valence-corrected chi connectivity index (χ2v) is 5.81. The highest BCUT2D eigenvalue weighted by atomic mass is 32.1. The van der Waals surface area contributed by atoms with Gasteiger partial charge in [0.25, 0.3) is 5.56 Å². The molecule has 0 atom stereocenters. The van der Waals surface area contributed by atoms with Gasteiger partial charge in [0, 0.05) is 6.21 Å². The third-order valence-corrected chi connectivity index (χ3v) is 3.97. The van der Waals surface area contributed by atoms with Gasteiger partial charge in [-0.3, -0.25) is 19.3 Å². The summed E-state index contributed by atoms with van der Waals surface area (Å²) >= 11 is 5.08. The molecule has 0 unspecified atom stereocenters. The van der Waals surface area contributed by atoms with Crippen molar-refractivity contribution in [3.63, 3.8) is 0 Å². The van der Waals surface area contributed by atoms with Gasteiger partial charge in [0.05, 0.1) is 12.2 Å². The van der Waals surface area contributed by atoms with Crippen molar-refractivity contribution in [1.29, 1.82) is 0 Å². The van der Waals surface area contributed by atoms with Gasteiger partial charge in [-0.1, -0.05) is 24.3 Å². The van der Waals surface area contributed by atoms with Gasteiger partial charge in [-0.15, -0.1) is 0 Å². The van der Waals surface area contributed by atoms with E-state index in [1.165, 1.54) is 47.0 Å². The predicted octanol–water partition coefficient (Wildman–Crippen LogP) is 3.69. The van der Waals surface area contributed by atoms with Gasteiger partial charge < -0.3 is 5.11 Å². The number of benzene rings is 2. The number of aromatic hydroxyl groups is 1. The summed E-state index contributed by atoms with van der Waals surface area (Å²) in [5.74, 6) is -1.36. The number of aromatic amines is 1. The maximum absolute atomic E-state index is 13.6. The summed E-state index contributed by atoms with van der Waals surface area (Å²) in [6.07, 6.45) is 1.07. The van der Waals surface area contributed by atoms with Crippen LogP contribution in [-0.4, -0.2) is 20.9 Å². The number of para-hydroxylation sites is 1. The first-order chi connectivity index (χ1) is 12.5. The topological polar surface area (TPSA) is 70.4 Å². The van der Waals surface area contributed by atoms with E-state index in [2.05, 4.69) is 9.98 Å². The van der Waals surface area contributed by atoms with Crippen LogP contribution in [0.15, 0.2) is 58.3 Å². The van der Waals surface area contributed by atoms with E-state index in [0.717, 1.165) is 6.21 Å². The van der Waals surface area contributed by atoms with Crippen molar-refractivity contribution >= 4 is 24.1 Å². The number of H-pyrrole nitrogens is 1. The zero-order valence-electron chi connectivity index (χ0n) is 13.3. The number of rotatable bonds is 4. The molecule has 0 saturated carbocycles. The summed E-state index contributed by atoms with van der Waals surface area (Å²) in [6.45, 7) is 0.113. The van der Waals surface area contributed by atoms with Crippen LogP contribution >= 0.6 is 12.2 Å². The predicted molar refractivity (Wildman–Crippen MR) is 96.7 cm³/mol. The summed E-state index contributed by atoms with van der Waals surface area (Å²) in [4.78, 5) is 18.4. The van der Waals surface area contributed by atoms with Gasteiger partial charge in [-0.05, 0) is 42.0 Å². The van der Waals surface area contributed by atoms with E-state index in [9.17, 15) is 18.7 Å². The van der Waals surface area contributed by atoms with E-state index in [0.29, 0.717) is 5.56 Å². The Bertz CT molecular complexity index is 1090. The lowest BCUT2D eigenvalue weighted by molar-refractivity contribution is 0.411. The Morgan fingerprint density at radius 3 is 2.54 bits per heavy atom. The van der Waals surface area contributed by atoms with E-state index in [1.54, 1.807) is 6.07 Å². The Kier molecular flexibility index (Phi) is 5.04. The lowest BCUT2D eigenvalue weighted by Crippen LogP contribution is -2.19. The third kappa shape index (κ3) is 3.75. The average Bonchev–Trinajstić information content (AvgIpc) is 2.61. The fraction of sp³-hybridized carbons (Fsp3) is 0.0556. The van der Waals surface area contributed by atoms with Gasteiger partial charge >= 0.3 is 0 Å². The molecule has 2 N–H and O–H groups in total. The van der Waals surface area contributed by atoms with Gasteiger partial charge in [0.1, 0.15) is 17.2 Å². The molecule has 0 fully saturated rings. The summed E-state index contributed by atoms with van der Waals surface area (Å²) < 4.78 is 27.9. The molecular weight excluding hydrogens is 360 g/mol. The van der Waals surface area contributed by atoms with Crippen LogP contribution in [0.3, 0.4) is 0 Å². The molecule has 1 heterocycles. The van der Waals surface area contributed by atoms with Gasteiger partial charge in [0.15, 0.2) is 4.77 Å². The summed E-state index contributed by atoms with van der Waals surface area (Å²) in [7, 11) is 0. The Balaban J connectivity index is 2.01. The van der Waals surface area contributed by atoms with Crippen molar-refractivity contribution in [2.75, 3.05) is 0 Å². The van der Waals surface area contributed by atoms with Gasteiger partial charge in [-0.25, -0.2) is 8.78 Å². The van der Waals surface area contributed by atoms with Gasteiger partial charge in [0.2, 0.25) is 5.88 Å². The lowest BCUT2D eigenvalue weighted by atomic mass is 10.2. The van der Waals surface area contributed by atoms with Crippen LogP contribution < -0.4 is 5.56 Å². The molecule has 0 bridgehead atoms. The maximum atomic E-state index is 13.6. The maximum Gasteiger partial charge on any atom is 0.264 e. The van der Waals surface area contributed by atoms with Crippen molar-refractivity contribution in [3.8, 4) is 5.88 Å². The minimum atomic E-state index is -0.650. The minimum absolute atomic E-state index is 0.000123. The number of aromatic nitrogens is 2. The van der Waals surface area contributed by atoms with E-state index in [-0.39, 0.29) is 28.4 Å². The van der Waals surface area contributed by atoms with Gasteiger partial charge in [-0.2, -0.15) is 0 Å². The minimum Gasteiger partial charge on any atom is -0.494 e. The Morgan fingerprint density at radius 2 is 1.85 bits per heavy atom. The highest BCUT2D eigenvalue weighted by molar-refractivity contribution is 7.71. The fourth-order valence-corrected chi connectivity index (χ4v) is 2.54. The number of hydrogen-bond acceptors (Lipinski definition) is 4. The summed E-state index contributed by atoms with van der Waals surface area (Å²) in [5.41, 5.74) is -0.118. The molecule has 5 nitrogen and oxygen atoms in total. The highest BCUT2D eigenvalue weighted by Crippen LogP contribution is 2.18. The van der Waals surface area contributed by atoms with Crippen molar-refractivity contribution in [2.45, 2.75) is 6.54 Å². The number of nitrogens with one attached hydrogen (secondary N) is 1. The average molecular weight is 373 g/mol. The quantitative estimate of drug-likeness (QED) is 0.541. The largest absolute Gasteiger partial charge is 0.494 e. The van der Waals surface area contributed by atoms with E-state index in [4.69, 9.17) is 12.2 Å². The first kappa shape index (κ1) is 17.7. The molecule has 1 aromatic heterocycles. The molecule has 0 saturated heterocycles. The monoisotopic (exact) mass is 373 g/mol. The molecule has 8 heteroatoms. The number of hydrogen-bond donors (Lipinski definition) is 2. The third-order valence-electron chi connectivity index (χ3n) is 3.65. The Labute approximate surface area is 151 Å². The molecule has 0 radical (unpaired) electrons. The zero-order chi connectivity index (χ0) is 18.7. The van der Waals surface area contributed by atoms with Crippen LogP contribution in [0.1, 0.15) is 11.1 Å². The standard InChI is InChI=1S/C18H13F2N3O2S/c19-12-7-5-11(6-8-12)10-23-17(25)13(16(24)22-18(23)26)9-21-15-4-2-1-3-14(15)20/h1-9,25H,10H2,(H,22,24,26). The van der Waals surface area contributed by atoms with Crippen LogP contribution in [0.2, 0.25) is 0 Å². The van der Waals surface area contributed by atoms with Crippen LogP contribution in [0.5, 0.6) is 5.88 Å². The smallest absolute Gasteiger partial charge is 0.264 e. The van der Waals surface area contributed by atoms with Crippen LogP contribution in [0.4, 0.5) is 14.5 Å². The molecular formula is C18H13F2N3O2S.